The van der Waals surface area contributed by atoms with E-state index in [1.54, 1.807) is 0 Å². The molecule has 2 heterocycles. The predicted octanol–water partition coefficient (Wildman–Crippen LogP) is 1.46. The van der Waals surface area contributed by atoms with E-state index in [0.717, 1.165) is 18.9 Å². The van der Waals surface area contributed by atoms with Gasteiger partial charge in [0.05, 0.1) is 0 Å². The highest BCUT2D eigenvalue weighted by atomic mass is 16.5. The Bertz CT molecular complexity index is 326. The SMILES string of the molecule is CC(C)N1CCCC(NCCc2ncno2)CC1. The Morgan fingerprint density at radius 3 is 3.06 bits per heavy atom. The molecule has 0 amide bonds. The van der Waals surface area contributed by atoms with Gasteiger partial charge in [-0.3, -0.25) is 0 Å². The molecular weight excluding hydrogens is 228 g/mol. The molecule has 1 unspecified atom stereocenters. The van der Waals surface area contributed by atoms with Gasteiger partial charge in [0.25, 0.3) is 0 Å². The maximum atomic E-state index is 4.99. The van der Waals surface area contributed by atoms with Gasteiger partial charge in [-0.2, -0.15) is 4.98 Å². The Kier molecular flexibility index (Phi) is 5.13. The maximum absolute atomic E-state index is 4.99. The van der Waals surface area contributed by atoms with Crippen LogP contribution in [0.3, 0.4) is 0 Å². The fourth-order valence-corrected chi connectivity index (χ4v) is 2.53. The van der Waals surface area contributed by atoms with E-state index in [2.05, 4.69) is 34.2 Å². The minimum Gasteiger partial charge on any atom is -0.340 e. The molecule has 0 bridgehead atoms. The van der Waals surface area contributed by atoms with E-state index in [-0.39, 0.29) is 0 Å². The summed E-state index contributed by atoms with van der Waals surface area (Å²) in [6, 6.07) is 1.30. The van der Waals surface area contributed by atoms with Gasteiger partial charge in [-0.15, -0.1) is 0 Å². The van der Waals surface area contributed by atoms with Crippen LogP contribution in [0, 0.1) is 0 Å². The molecule has 0 spiro atoms. The van der Waals surface area contributed by atoms with Crippen molar-refractivity contribution in [1.29, 1.82) is 0 Å². The molecule has 1 atom stereocenters. The summed E-state index contributed by atoms with van der Waals surface area (Å²) in [7, 11) is 0. The smallest absolute Gasteiger partial charge is 0.227 e. The normalized spacial score (nSPS) is 22.3. The summed E-state index contributed by atoms with van der Waals surface area (Å²) in [6.07, 6.45) is 6.08. The van der Waals surface area contributed by atoms with Gasteiger partial charge in [0, 0.05) is 25.0 Å². The van der Waals surface area contributed by atoms with Crippen LogP contribution in [-0.2, 0) is 6.42 Å². The molecular formula is C13H24N4O. The standard InChI is InChI=1S/C13H24N4O/c1-11(2)17-8-3-4-12(6-9-17)14-7-5-13-15-10-16-18-13/h10-12,14H,3-9H2,1-2H3. The van der Waals surface area contributed by atoms with Crippen LogP contribution in [0.4, 0.5) is 0 Å². The van der Waals surface area contributed by atoms with E-state index >= 15 is 0 Å². The Balaban J connectivity index is 1.67. The largest absolute Gasteiger partial charge is 0.340 e. The molecule has 1 aliphatic heterocycles. The van der Waals surface area contributed by atoms with Crippen LogP contribution in [0.2, 0.25) is 0 Å². The molecule has 18 heavy (non-hydrogen) atoms. The number of rotatable bonds is 5. The average molecular weight is 252 g/mol. The second-order valence-electron chi connectivity index (χ2n) is 5.30. The number of nitrogens with one attached hydrogen (secondary N) is 1. The summed E-state index contributed by atoms with van der Waals surface area (Å²) in [4.78, 5) is 6.60. The molecule has 0 aromatic carbocycles. The molecule has 1 aliphatic rings. The Morgan fingerprint density at radius 2 is 2.33 bits per heavy atom. The molecule has 0 aliphatic carbocycles. The highest BCUT2D eigenvalue weighted by Gasteiger charge is 2.18. The third-order valence-corrected chi connectivity index (χ3v) is 3.67. The van der Waals surface area contributed by atoms with Crippen molar-refractivity contribution >= 4 is 0 Å². The number of nitrogens with zero attached hydrogens (tertiary/aromatic N) is 3. The summed E-state index contributed by atoms with van der Waals surface area (Å²) in [5, 5.41) is 7.22. The summed E-state index contributed by atoms with van der Waals surface area (Å²) in [5.41, 5.74) is 0. The summed E-state index contributed by atoms with van der Waals surface area (Å²) >= 11 is 0. The zero-order chi connectivity index (χ0) is 12.8. The number of hydrogen-bond donors (Lipinski definition) is 1. The molecule has 1 N–H and O–H groups in total. The molecule has 5 nitrogen and oxygen atoms in total. The molecule has 2 rings (SSSR count). The van der Waals surface area contributed by atoms with E-state index in [9.17, 15) is 0 Å². The summed E-state index contributed by atoms with van der Waals surface area (Å²) in [6.45, 7) is 7.93. The van der Waals surface area contributed by atoms with Crippen LogP contribution >= 0.6 is 0 Å². The van der Waals surface area contributed by atoms with Crippen molar-refractivity contribution in [2.75, 3.05) is 19.6 Å². The van der Waals surface area contributed by atoms with E-state index in [1.165, 1.54) is 38.7 Å². The first kappa shape index (κ1) is 13.5. The molecule has 1 aromatic rings. The first-order valence-corrected chi connectivity index (χ1v) is 6.98. The van der Waals surface area contributed by atoms with Gasteiger partial charge in [0.2, 0.25) is 5.89 Å². The predicted molar refractivity (Wildman–Crippen MR) is 70.4 cm³/mol. The van der Waals surface area contributed by atoms with Gasteiger partial charge in [0.15, 0.2) is 6.33 Å². The van der Waals surface area contributed by atoms with Crippen LogP contribution in [0.15, 0.2) is 10.9 Å². The topological polar surface area (TPSA) is 54.2 Å². The zero-order valence-electron chi connectivity index (χ0n) is 11.4. The lowest BCUT2D eigenvalue weighted by Crippen LogP contribution is -2.34. The van der Waals surface area contributed by atoms with Crippen molar-refractivity contribution in [3.05, 3.63) is 12.2 Å². The fourth-order valence-electron chi connectivity index (χ4n) is 2.53. The second kappa shape index (κ2) is 6.85. The maximum Gasteiger partial charge on any atom is 0.227 e. The molecule has 5 heteroatoms. The van der Waals surface area contributed by atoms with Crippen molar-refractivity contribution in [1.82, 2.24) is 20.4 Å². The lowest BCUT2D eigenvalue weighted by Gasteiger charge is -2.24. The minimum atomic E-state index is 0.636. The molecule has 102 valence electrons. The van der Waals surface area contributed by atoms with Crippen LogP contribution < -0.4 is 5.32 Å². The quantitative estimate of drug-likeness (QED) is 0.860. The van der Waals surface area contributed by atoms with E-state index in [1.807, 2.05) is 0 Å². The second-order valence-corrected chi connectivity index (χ2v) is 5.30. The number of hydrogen-bond acceptors (Lipinski definition) is 5. The third-order valence-electron chi connectivity index (χ3n) is 3.67. The van der Waals surface area contributed by atoms with Crippen molar-refractivity contribution < 1.29 is 4.52 Å². The van der Waals surface area contributed by atoms with Crippen LogP contribution in [-0.4, -0.2) is 46.8 Å². The highest BCUT2D eigenvalue weighted by molar-refractivity contribution is 4.79. The number of likely N-dealkylation sites (tertiary alicyclic amines) is 1. The lowest BCUT2D eigenvalue weighted by molar-refractivity contribution is 0.229. The molecule has 0 radical (unpaired) electrons. The first-order valence-electron chi connectivity index (χ1n) is 6.98. The van der Waals surface area contributed by atoms with Gasteiger partial charge < -0.3 is 14.7 Å². The van der Waals surface area contributed by atoms with Gasteiger partial charge in [-0.25, -0.2) is 0 Å². The van der Waals surface area contributed by atoms with Gasteiger partial charge in [0.1, 0.15) is 0 Å². The van der Waals surface area contributed by atoms with Crippen LogP contribution in [0.25, 0.3) is 0 Å². The molecule has 0 saturated carbocycles. The van der Waals surface area contributed by atoms with Gasteiger partial charge in [-0.1, -0.05) is 5.16 Å². The number of aromatic nitrogens is 2. The average Bonchev–Trinajstić information content (AvgIpc) is 2.73. The minimum absolute atomic E-state index is 0.636. The van der Waals surface area contributed by atoms with Crippen LogP contribution in [0.5, 0.6) is 0 Å². The van der Waals surface area contributed by atoms with E-state index in [4.69, 9.17) is 4.52 Å². The van der Waals surface area contributed by atoms with E-state index < -0.39 is 0 Å². The zero-order valence-corrected chi connectivity index (χ0v) is 11.4. The lowest BCUT2D eigenvalue weighted by atomic mass is 10.1. The van der Waals surface area contributed by atoms with E-state index in [0.29, 0.717) is 12.1 Å². The monoisotopic (exact) mass is 252 g/mol. The Morgan fingerprint density at radius 1 is 1.44 bits per heavy atom. The van der Waals surface area contributed by atoms with Gasteiger partial charge in [-0.05, 0) is 46.2 Å². The van der Waals surface area contributed by atoms with Crippen molar-refractivity contribution in [2.24, 2.45) is 0 Å². The highest BCUT2D eigenvalue weighted by Crippen LogP contribution is 2.13. The molecule has 1 aromatic heterocycles. The Labute approximate surface area is 109 Å². The van der Waals surface area contributed by atoms with Crippen molar-refractivity contribution in [3.8, 4) is 0 Å². The fraction of sp³-hybridized carbons (Fsp3) is 0.846. The van der Waals surface area contributed by atoms with Crippen molar-refractivity contribution in [2.45, 2.75) is 51.6 Å². The van der Waals surface area contributed by atoms with Crippen LogP contribution in [0.1, 0.15) is 39.0 Å². The first-order chi connectivity index (χ1) is 8.75. The Hall–Kier alpha value is -0.940. The van der Waals surface area contributed by atoms with Gasteiger partial charge >= 0.3 is 0 Å². The molecule has 1 saturated heterocycles. The summed E-state index contributed by atoms with van der Waals surface area (Å²) < 4.78 is 4.99. The molecule has 1 fully saturated rings. The third kappa shape index (κ3) is 4.07. The van der Waals surface area contributed by atoms with Crippen molar-refractivity contribution in [3.63, 3.8) is 0 Å². The summed E-state index contributed by atoms with van der Waals surface area (Å²) in [5.74, 6) is 0.722.